The minimum Gasteiger partial charge on any atom is -0.361 e. The van der Waals surface area contributed by atoms with Crippen molar-refractivity contribution >= 4 is 33.6 Å². The minimum absolute atomic E-state index is 0.516. The fourth-order valence-corrected chi connectivity index (χ4v) is 4.46. The van der Waals surface area contributed by atoms with E-state index in [2.05, 4.69) is 76.1 Å². The Morgan fingerprint density at radius 2 is 1.93 bits per heavy atom. The molecule has 5 heteroatoms. The van der Waals surface area contributed by atoms with Gasteiger partial charge in [0.05, 0.1) is 11.3 Å². The van der Waals surface area contributed by atoms with Crippen LogP contribution in [0.4, 0.5) is 11.4 Å². The van der Waals surface area contributed by atoms with Crippen molar-refractivity contribution in [2.24, 2.45) is 0 Å². The van der Waals surface area contributed by atoms with Crippen LogP contribution in [0, 0.1) is 18.3 Å². The third-order valence-electron chi connectivity index (χ3n) is 5.31. The van der Waals surface area contributed by atoms with Gasteiger partial charge in [0.25, 0.3) is 0 Å². The van der Waals surface area contributed by atoms with E-state index in [0.717, 1.165) is 44.5 Å². The van der Waals surface area contributed by atoms with Crippen molar-refractivity contribution < 1.29 is 0 Å². The first kappa shape index (κ1) is 18.2. The molecule has 0 unspecified atom stereocenters. The van der Waals surface area contributed by atoms with Gasteiger partial charge in [0.15, 0.2) is 0 Å². The van der Waals surface area contributed by atoms with Crippen LogP contribution in [0.2, 0.25) is 0 Å². The number of benzene rings is 2. The summed E-state index contributed by atoms with van der Waals surface area (Å²) in [4.78, 5) is 8.78. The monoisotopic (exact) mass is 406 g/mol. The summed E-state index contributed by atoms with van der Waals surface area (Å²) in [6, 6.07) is 21.0. The van der Waals surface area contributed by atoms with Crippen molar-refractivity contribution in [1.82, 2.24) is 9.97 Å². The van der Waals surface area contributed by atoms with Crippen LogP contribution in [-0.4, -0.2) is 9.97 Å². The lowest BCUT2D eigenvalue weighted by atomic mass is 10.00. The molecule has 5 rings (SSSR count). The molecule has 144 valence electrons. The number of aromatic nitrogens is 2. The maximum absolute atomic E-state index is 9.75. The number of fused-ring (bicyclic) bond motifs is 1. The number of anilines is 2. The summed E-state index contributed by atoms with van der Waals surface area (Å²) in [5.41, 5.74) is 7.57. The summed E-state index contributed by atoms with van der Waals surface area (Å²) in [7, 11) is 0. The highest BCUT2D eigenvalue weighted by molar-refractivity contribution is 7.13. The predicted octanol–water partition coefficient (Wildman–Crippen LogP) is 6.88. The molecule has 0 bridgehead atoms. The molecule has 0 radical (unpaired) electrons. The second-order valence-corrected chi connectivity index (χ2v) is 8.03. The molecule has 0 saturated carbocycles. The van der Waals surface area contributed by atoms with Crippen LogP contribution >= 0.6 is 11.3 Å². The smallest absolute Gasteiger partial charge is 0.103 e. The number of nitrogens with one attached hydrogen (secondary N) is 2. The average molecular weight is 407 g/mol. The zero-order valence-corrected chi connectivity index (χ0v) is 17.1. The van der Waals surface area contributed by atoms with Crippen LogP contribution in [0.25, 0.3) is 32.5 Å². The highest BCUT2D eigenvalue weighted by Gasteiger charge is 2.14. The number of pyridine rings is 1. The topological polar surface area (TPSA) is 64.5 Å². The molecular weight excluding hydrogens is 388 g/mol. The van der Waals surface area contributed by atoms with Gasteiger partial charge in [-0.1, -0.05) is 24.3 Å². The highest BCUT2D eigenvalue weighted by Crippen LogP contribution is 2.36. The maximum Gasteiger partial charge on any atom is 0.103 e. The summed E-state index contributed by atoms with van der Waals surface area (Å²) in [6.45, 7) is 2.09. The van der Waals surface area contributed by atoms with Crippen molar-refractivity contribution in [2.45, 2.75) is 6.92 Å². The van der Waals surface area contributed by atoms with Gasteiger partial charge in [-0.2, -0.15) is 5.26 Å². The van der Waals surface area contributed by atoms with Gasteiger partial charge in [0, 0.05) is 45.6 Å². The second kappa shape index (κ2) is 7.51. The van der Waals surface area contributed by atoms with Crippen molar-refractivity contribution in [1.29, 1.82) is 5.26 Å². The van der Waals surface area contributed by atoms with Gasteiger partial charge in [0.2, 0.25) is 0 Å². The van der Waals surface area contributed by atoms with E-state index in [9.17, 15) is 5.26 Å². The van der Waals surface area contributed by atoms with Crippen LogP contribution in [0.1, 0.15) is 11.1 Å². The number of aryl methyl sites for hydroxylation is 1. The molecule has 0 spiro atoms. The molecule has 0 aliphatic heterocycles. The third-order valence-corrected chi connectivity index (χ3v) is 6.23. The van der Waals surface area contributed by atoms with E-state index in [4.69, 9.17) is 0 Å². The Morgan fingerprint density at radius 1 is 1.03 bits per heavy atom. The largest absolute Gasteiger partial charge is 0.361 e. The number of nitrogens with zero attached hydrogens (tertiary/aromatic N) is 2. The molecule has 0 fully saturated rings. The Morgan fingerprint density at radius 3 is 2.77 bits per heavy atom. The van der Waals surface area contributed by atoms with Gasteiger partial charge in [-0.25, -0.2) is 0 Å². The van der Waals surface area contributed by atoms with Crippen LogP contribution in [0.5, 0.6) is 0 Å². The number of H-pyrrole nitrogens is 1. The quantitative estimate of drug-likeness (QED) is 0.342. The molecule has 0 amide bonds. The number of rotatable bonds is 4. The SMILES string of the molecule is Cc1c(Nc2c(C#N)cncc2-c2cccc(-c3cccs3)c2)ccc2[nH]ccc12. The van der Waals surface area contributed by atoms with Crippen molar-refractivity contribution in [3.63, 3.8) is 0 Å². The van der Waals surface area contributed by atoms with E-state index in [1.165, 1.54) is 4.88 Å². The normalized spacial score (nSPS) is 10.8. The van der Waals surface area contributed by atoms with Gasteiger partial charge < -0.3 is 10.3 Å². The van der Waals surface area contributed by atoms with E-state index in [-0.39, 0.29) is 0 Å². The van der Waals surface area contributed by atoms with E-state index in [1.807, 2.05) is 24.5 Å². The zero-order chi connectivity index (χ0) is 20.5. The van der Waals surface area contributed by atoms with Gasteiger partial charge in [0.1, 0.15) is 6.07 Å². The Balaban J connectivity index is 1.63. The number of hydrogen-bond donors (Lipinski definition) is 2. The number of nitriles is 1. The Bertz CT molecular complexity index is 1390. The second-order valence-electron chi connectivity index (χ2n) is 7.08. The number of thiophene rings is 1. The van der Waals surface area contributed by atoms with Crippen molar-refractivity contribution in [3.05, 3.63) is 89.7 Å². The number of hydrogen-bond acceptors (Lipinski definition) is 4. The average Bonchev–Trinajstić information content (AvgIpc) is 3.48. The molecule has 5 aromatic rings. The standard InChI is InChI=1S/C25H18N4S/c1-16-20-9-10-28-23(20)8-7-22(16)29-25-19(13-26)14-27-15-21(25)17-4-2-5-18(12-17)24-6-3-11-30-24/h2-12,14-15,28H,1H3,(H,27,29). The molecule has 0 aliphatic rings. The van der Waals surface area contributed by atoms with Gasteiger partial charge in [-0.3, -0.25) is 4.98 Å². The molecule has 2 N–H and O–H groups in total. The highest BCUT2D eigenvalue weighted by atomic mass is 32.1. The predicted molar refractivity (Wildman–Crippen MR) is 124 cm³/mol. The number of aromatic amines is 1. The lowest BCUT2D eigenvalue weighted by Gasteiger charge is -2.16. The molecule has 0 atom stereocenters. The molecule has 3 heterocycles. The first-order valence-corrected chi connectivity index (χ1v) is 10.5. The summed E-state index contributed by atoms with van der Waals surface area (Å²) in [6.07, 6.45) is 5.37. The van der Waals surface area contributed by atoms with Gasteiger partial charge in [-0.15, -0.1) is 11.3 Å². The molecule has 3 aromatic heterocycles. The Labute approximate surface area is 178 Å². The van der Waals surface area contributed by atoms with Crippen molar-refractivity contribution in [2.75, 3.05) is 5.32 Å². The van der Waals surface area contributed by atoms with Crippen LogP contribution < -0.4 is 5.32 Å². The van der Waals surface area contributed by atoms with E-state index >= 15 is 0 Å². The summed E-state index contributed by atoms with van der Waals surface area (Å²) in [5, 5.41) is 16.5. The van der Waals surface area contributed by atoms with Gasteiger partial charge >= 0.3 is 0 Å². The third kappa shape index (κ3) is 3.14. The summed E-state index contributed by atoms with van der Waals surface area (Å²) < 4.78 is 0. The molecular formula is C25H18N4S. The molecule has 0 aliphatic carbocycles. The van der Waals surface area contributed by atoms with Crippen molar-refractivity contribution in [3.8, 4) is 27.6 Å². The maximum atomic E-state index is 9.75. The molecule has 0 saturated heterocycles. The molecule has 4 nitrogen and oxygen atoms in total. The van der Waals surface area contributed by atoms with Gasteiger partial charge in [-0.05, 0) is 59.3 Å². The van der Waals surface area contributed by atoms with Crippen LogP contribution in [0.15, 0.2) is 78.6 Å². The fourth-order valence-electron chi connectivity index (χ4n) is 3.74. The lowest BCUT2D eigenvalue weighted by Crippen LogP contribution is -2.00. The van der Waals surface area contributed by atoms with Crippen LogP contribution in [0.3, 0.4) is 0 Å². The Hall–Kier alpha value is -3.88. The van der Waals surface area contributed by atoms with E-state index < -0.39 is 0 Å². The van der Waals surface area contributed by atoms with E-state index in [0.29, 0.717) is 5.56 Å². The fraction of sp³-hybridized carbons (Fsp3) is 0.0400. The summed E-state index contributed by atoms with van der Waals surface area (Å²) in [5.74, 6) is 0. The first-order valence-electron chi connectivity index (χ1n) is 9.61. The molecule has 30 heavy (non-hydrogen) atoms. The first-order chi connectivity index (χ1) is 14.7. The lowest BCUT2D eigenvalue weighted by molar-refractivity contribution is 1.29. The minimum atomic E-state index is 0.516. The van der Waals surface area contributed by atoms with Crippen LogP contribution in [-0.2, 0) is 0 Å². The zero-order valence-electron chi connectivity index (χ0n) is 16.3. The van der Waals surface area contributed by atoms with E-state index in [1.54, 1.807) is 17.5 Å². The molecule has 2 aromatic carbocycles. The summed E-state index contributed by atoms with van der Waals surface area (Å²) >= 11 is 1.71. The Kier molecular flexibility index (Phi) is 4.55.